The van der Waals surface area contributed by atoms with Crippen LogP contribution in [0.2, 0.25) is 0 Å². The summed E-state index contributed by atoms with van der Waals surface area (Å²) in [7, 11) is 0. The molecule has 0 aliphatic heterocycles. The largest absolute Gasteiger partial charge is 0.405 e. The van der Waals surface area contributed by atoms with Crippen molar-refractivity contribution in [2.24, 2.45) is 11.5 Å². The van der Waals surface area contributed by atoms with Crippen LogP contribution < -0.4 is 11.5 Å². The second-order valence-electron chi connectivity index (χ2n) is 1.37. The lowest BCUT2D eigenvalue weighted by molar-refractivity contribution is 1.34. The van der Waals surface area contributed by atoms with Crippen molar-refractivity contribution in [3.05, 3.63) is 24.6 Å². The predicted molar refractivity (Wildman–Crippen MR) is 38.0 cm³/mol. The Bertz CT molecular complexity index is 66.6. The second-order valence-corrected chi connectivity index (χ2v) is 1.37. The summed E-state index contributed by atoms with van der Waals surface area (Å²) in [6.45, 7) is 6.96. The van der Waals surface area contributed by atoms with E-state index in [2.05, 4.69) is 6.58 Å². The zero-order chi connectivity index (χ0) is 6.99. The minimum Gasteiger partial charge on any atom is -0.405 e. The summed E-state index contributed by atoms with van der Waals surface area (Å²) in [5, 5.41) is 0. The molecule has 0 heterocycles. The molecule has 48 valence electrons. The lowest BCUT2D eigenvalue weighted by Crippen LogP contribution is -1.83. The van der Waals surface area contributed by atoms with Gasteiger partial charge in [0, 0.05) is 0 Å². The van der Waals surface area contributed by atoms with Gasteiger partial charge < -0.3 is 11.5 Å². The Labute approximate surface area is 50.9 Å². The van der Waals surface area contributed by atoms with Gasteiger partial charge in [0.1, 0.15) is 0 Å². The molecule has 0 saturated carbocycles. The SMILES string of the molecule is C=C(C)N.CC=CN. The molecule has 8 heavy (non-hydrogen) atoms. The monoisotopic (exact) mass is 114 g/mol. The maximum absolute atomic E-state index is 4.92. The molecule has 0 aliphatic carbocycles. The van der Waals surface area contributed by atoms with Crippen LogP contribution in [0.3, 0.4) is 0 Å². The lowest BCUT2D eigenvalue weighted by Gasteiger charge is -1.69. The molecular formula is C6H14N2. The van der Waals surface area contributed by atoms with Crippen LogP contribution in [0.5, 0.6) is 0 Å². The average molecular weight is 114 g/mol. The van der Waals surface area contributed by atoms with Crippen LogP contribution in [0.4, 0.5) is 0 Å². The van der Waals surface area contributed by atoms with Crippen molar-refractivity contribution in [2.45, 2.75) is 13.8 Å². The Morgan fingerprint density at radius 3 is 1.75 bits per heavy atom. The molecule has 0 rings (SSSR count). The zero-order valence-corrected chi connectivity index (χ0v) is 5.52. The summed E-state index contributed by atoms with van der Waals surface area (Å²) in [6.07, 6.45) is 3.28. The van der Waals surface area contributed by atoms with Gasteiger partial charge in [-0.05, 0) is 25.7 Å². The van der Waals surface area contributed by atoms with Gasteiger partial charge in [0.2, 0.25) is 0 Å². The van der Waals surface area contributed by atoms with Crippen LogP contribution in [0.25, 0.3) is 0 Å². The highest BCUT2D eigenvalue weighted by atomic mass is 14.5. The molecular weight excluding hydrogens is 100 g/mol. The van der Waals surface area contributed by atoms with Crippen molar-refractivity contribution in [2.75, 3.05) is 0 Å². The van der Waals surface area contributed by atoms with Gasteiger partial charge in [-0.15, -0.1) is 0 Å². The molecule has 0 saturated heterocycles. The zero-order valence-electron chi connectivity index (χ0n) is 5.52. The molecule has 0 aromatic rings. The van der Waals surface area contributed by atoms with E-state index in [1.165, 1.54) is 6.20 Å². The number of nitrogens with two attached hydrogens (primary N) is 2. The first kappa shape index (κ1) is 10.1. The maximum Gasteiger partial charge on any atom is -0.00242 e. The first-order valence-corrected chi connectivity index (χ1v) is 2.39. The summed E-state index contributed by atoms with van der Waals surface area (Å²) in [4.78, 5) is 0. The fourth-order valence-electron chi connectivity index (χ4n) is 0. The third-order valence-corrected chi connectivity index (χ3v) is 0.192. The van der Waals surface area contributed by atoms with Gasteiger partial charge in [-0.1, -0.05) is 12.7 Å². The van der Waals surface area contributed by atoms with Crippen LogP contribution in [0, 0.1) is 0 Å². The molecule has 4 N–H and O–H groups in total. The van der Waals surface area contributed by atoms with E-state index in [0.717, 1.165) is 0 Å². The van der Waals surface area contributed by atoms with Crippen LogP contribution >= 0.6 is 0 Å². The number of hydrogen-bond donors (Lipinski definition) is 2. The highest BCUT2D eigenvalue weighted by Crippen LogP contribution is 1.58. The lowest BCUT2D eigenvalue weighted by atomic mass is 10.6. The van der Waals surface area contributed by atoms with E-state index in [-0.39, 0.29) is 0 Å². The highest BCUT2D eigenvalue weighted by Gasteiger charge is 1.50. The quantitative estimate of drug-likeness (QED) is 0.492. The summed E-state index contributed by atoms with van der Waals surface area (Å²) in [5.74, 6) is 0. The van der Waals surface area contributed by atoms with Crippen LogP contribution in [-0.4, -0.2) is 0 Å². The van der Waals surface area contributed by atoms with E-state index in [0.29, 0.717) is 5.70 Å². The predicted octanol–water partition coefficient (Wildman–Crippen LogP) is 0.957. The summed E-state index contributed by atoms with van der Waals surface area (Å²) in [6, 6.07) is 0. The Kier molecular flexibility index (Phi) is 11.9. The van der Waals surface area contributed by atoms with Crippen molar-refractivity contribution >= 4 is 0 Å². The second kappa shape index (κ2) is 9.43. The average Bonchev–Trinajstić information content (AvgIpc) is 1.65. The molecule has 2 heteroatoms. The molecule has 0 bridgehead atoms. The topological polar surface area (TPSA) is 52.0 Å². The van der Waals surface area contributed by atoms with E-state index in [9.17, 15) is 0 Å². The Morgan fingerprint density at radius 1 is 1.62 bits per heavy atom. The fourth-order valence-corrected chi connectivity index (χ4v) is 0. The van der Waals surface area contributed by atoms with Crippen LogP contribution in [0.15, 0.2) is 24.6 Å². The normalized spacial score (nSPS) is 7.75. The van der Waals surface area contributed by atoms with Crippen molar-refractivity contribution in [3.8, 4) is 0 Å². The van der Waals surface area contributed by atoms with Crippen molar-refractivity contribution in [1.29, 1.82) is 0 Å². The molecule has 2 nitrogen and oxygen atoms in total. The van der Waals surface area contributed by atoms with Crippen molar-refractivity contribution in [3.63, 3.8) is 0 Å². The first-order chi connectivity index (χ1) is 3.65. The van der Waals surface area contributed by atoms with E-state index in [4.69, 9.17) is 11.5 Å². The van der Waals surface area contributed by atoms with Gasteiger partial charge in [0.05, 0.1) is 0 Å². The van der Waals surface area contributed by atoms with Crippen molar-refractivity contribution in [1.82, 2.24) is 0 Å². The summed E-state index contributed by atoms with van der Waals surface area (Å²) < 4.78 is 0. The molecule has 0 radical (unpaired) electrons. The standard InChI is InChI=1S/2C3H7N/c1-3(2)4;1-2-3-4/h1,4H2,2H3;2-3H,4H2,1H3. The van der Waals surface area contributed by atoms with Gasteiger partial charge in [0.15, 0.2) is 0 Å². The Balaban J connectivity index is 0. The van der Waals surface area contributed by atoms with Gasteiger partial charge in [-0.3, -0.25) is 0 Å². The van der Waals surface area contributed by atoms with E-state index in [1.54, 1.807) is 13.0 Å². The van der Waals surface area contributed by atoms with Crippen LogP contribution in [0.1, 0.15) is 13.8 Å². The van der Waals surface area contributed by atoms with E-state index >= 15 is 0 Å². The van der Waals surface area contributed by atoms with E-state index < -0.39 is 0 Å². The third-order valence-electron chi connectivity index (χ3n) is 0.192. The van der Waals surface area contributed by atoms with E-state index in [1.807, 2.05) is 6.92 Å². The third kappa shape index (κ3) is 13200. The number of hydrogen-bond acceptors (Lipinski definition) is 2. The molecule has 0 aromatic carbocycles. The van der Waals surface area contributed by atoms with Crippen molar-refractivity contribution < 1.29 is 0 Å². The summed E-state index contributed by atoms with van der Waals surface area (Å²) >= 11 is 0. The number of allylic oxidation sites excluding steroid dienone is 2. The maximum atomic E-state index is 4.92. The molecule has 0 atom stereocenters. The molecule has 0 aliphatic rings. The number of rotatable bonds is 0. The van der Waals surface area contributed by atoms with Gasteiger partial charge >= 0.3 is 0 Å². The minimum absolute atomic E-state index is 0.667. The Hall–Kier alpha value is -0.920. The Morgan fingerprint density at radius 2 is 1.75 bits per heavy atom. The smallest absolute Gasteiger partial charge is 0.00242 e. The minimum atomic E-state index is 0.667. The van der Waals surface area contributed by atoms with Gasteiger partial charge in [-0.2, -0.15) is 0 Å². The summed E-state index contributed by atoms with van der Waals surface area (Å²) in [5.41, 5.74) is 10.4. The van der Waals surface area contributed by atoms with Gasteiger partial charge in [-0.25, -0.2) is 0 Å². The van der Waals surface area contributed by atoms with Crippen LogP contribution in [-0.2, 0) is 0 Å². The fraction of sp³-hybridized carbons (Fsp3) is 0.333. The van der Waals surface area contributed by atoms with Gasteiger partial charge in [0.25, 0.3) is 0 Å². The molecule has 0 unspecified atom stereocenters. The highest BCUT2D eigenvalue weighted by molar-refractivity contribution is 4.76. The molecule has 0 fully saturated rings. The molecule has 0 amide bonds. The first-order valence-electron chi connectivity index (χ1n) is 2.39. The molecule has 0 aromatic heterocycles. The molecule has 0 spiro atoms.